The van der Waals surface area contributed by atoms with Gasteiger partial charge in [-0.25, -0.2) is 0 Å². The van der Waals surface area contributed by atoms with E-state index in [1.165, 1.54) is 12.8 Å². The molecular formula is C9H21NOS. The average Bonchev–Trinajstić information content (AvgIpc) is 2.07. The lowest BCUT2D eigenvalue weighted by Gasteiger charge is -2.11. The van der Waals surface area contributed by atoms with Gasteiger partial charge in [-0.15, -0.1) is 0 Å². The van der Waals surface area contributed by atoms with E-state index in [-0.39, 0.29) is 5.25 Å². The Kier molecular flexibility index (Phi) is 7.81. The van der Waals surface area contributed by atoms with Crippen molar-refractivity contribution in [2.75, 3.05) is 12.3 Å². The predicted octanol–water partition coefficient (Wildman–Crippen LogP) is 1.66. The number of hydrogen-bond acceptors (Lipinski definition) is 2. The van der Waals surface area contributed by atoms with Gasteiger partial charge in [0.25, 0.3) is 0 Å². The fourth-order valence-electron chi connectivity index (χ4n) is 1.12. The molecule has 0 aliphatic carbocycles. The van der Waals surface area contributed by atoms with Gasteiger partial charge in [-0.3, -0.25) is 4.21 Å². The molecule has 2 unspecified atom stereocenters. The lowest BCUT2D eigenvalue weighted by molar-refractivity contribution is 0.657. The van der Waals surface area contributed by atoms with Gasteiger partial charge in [0.15, 0.2) is 0 Å². The van der Waals surface area contributed by atoms with Crippen LogP contribution in [-0.2, 0) is 10.8 Å². The second-order valence-corrected chi connectivity index (χ2v) is 4.89. The predicted molar refractivity (Wildman–Crippen MR) is 55.7 cm³/mol. The highest BCUT2D eigenvalue weighted by Gasteiger charge is 2.11. The summed E-state index contributed by atoms with van der Waals surface area (Å²) in [5.41, 5.74) is 5.50. The minimum absolute atomic E-state index is 0.224. The van der Waals surface area contributed by atoms with Gasteiger partial charge in [-0.05, 0) is 12.8 Å². The van der Waals surface area contributed by atoms with Crippen LogP contribution in [0.2, 0.25) is 0 Å². The first-order valence-electron chi connectivity index (χ1n) is 4.83. The summed E-state index contributed by atoms with van der Waals surface area (Å²) in [7, 11) is -0.684. The van der Waals surface area contributed by atoms with Gasteiger partial charge in [0, 0.05) is 28.3 Å². The SMILES string of the molecule is CCCCCS(=O)C(CC)CN. The van der Waals surface area contributed by atoms with Gasteiger partial charge >= 0.3 is 0 Å². The molecule has 2 atom stereocenters. The summed E-state index contributed by atoms with van der Waals surface area (Å²) < 4.78 is 11.5. The Bertz CT molecular complexity index is 124. The second-order valence-electron chi connectivity index (χ2n) is 3.06. The maximum absolute atomic E-state index is 11.5. The van der Waals surface area contributed by atoms with E-state index in [0.29, 0.717) is 6.54 Å². The smallest absolute Gasteiger partial charge is 0.0467 e. The van der Waals surface area contributed by atoms with Crippen LogP contribution in [0.25, 0.3) is 0 Å². The normalized spacial score (nSPS) is 15.9. The summed E-state index contributed by atoms with van der Waals surface area (Å²) >= 11 is 0. The van der Waals surface area contributed by atoms with E-state index in [0.717, 1.165) is 18.6 Å². The Morgan fingerprint density at radius 1 is 1.33 bits per heavy atom. The van der Waals surface area contributed by atoms with E-state index >= 15 is 0 Å². The standard InChI is InChI=1S/C9H21NOS/c1-3-5-6-7-12(11)9(4-2)8-10/h9H,3-8,10H2,1-2H3. The number of rotatable bonds is 7. The van der Waals surface area contributed by atoms with E-state index in [9.17, 15) is 4.21 Å². The molecule has 0 fully saturated rings. The van der Waals surface area contributed by atoms with Crippen molar-refractivity contribution in [3.05, 3.63) is 0 Å². The molecule has 0 aliphatic rings. The molecule has 0 spiro atoms. The van der Waals surface area contributed by atoms with Gasteiger partial charge in [0.1, 0.15) is 0 Å². The minimum atomic E-state index is -0.684. The van der Waals surface area contributed by atoms with Crippen molar-refractivity contribution < 1.29 is 4.21 Å². The van der Waals surface area contributed by atoms with Crippen molar-refractivity contribution in [2.45, 2.75) is 44.8 Å². The van der Waals surface area contributed by atoms with Gasteiger partial charge in [-0.2, -0.15) is 0 Å². The quantitative estimate of drug-likeness (QED) is 0.622. The number of hydrogen-bond donors (Lipinski definition) is 1. The van der Waals surface area contributed by atoms with E-state index < -0.39 is 10.8 Å². The van der Waals surface area contributed by atoms with E-state index in [4.69, 9.17) is 5.73 Å². The molecule has 0 amide bonds. The topological polar surface area (TPSA) is 43.1 Å². The molecule has 0 aromatic heterocycles. The van der Waals surface area contributed by atoms with Crippen LogP contribution in [0.5, 0.6) is 0 Å². The first kappa shape index (κ1) is 12.1. The van der Waals surface area contributed by atoms with Crippen LogP contribution >= 0.6 is 0 Å². The van der Waals surface area contributed by atoms with Crippen LogP contribution in [0.4, 0.5) is 0 Å². The maximum atomic E-state index is 11.5. The lowest BCUT2D eigenvalue weighted by Crippen LogP contribution is -2.26. The van der Waals surface area contributed by atoms with E-state index in [2.05, 4.69) is 13.8 Å². The highest BCUT2D eigenvalue weighted by molar-refractivity contribution is 7.85. The van der Waals surface area contributed by atoms with Crippen molar-refractivity contribution in [3.8, 4) is 0 Å². The van der Waals surface area contributed by atoms with Crippen LogP contribution in [0.1, 0.15) is 39.5 Å². The minimum Gasteiger partial charge on any atom is -0.329 e. The first-order chi connectivity index (χ1) is 5.76. The molecule has 0 saturated carbocycles. The van der Waals surface area contributed by atoms with Crippen LogP contribution in [0.3, 0.4) is 0 Å². The Morgan fingerprint density at radius 2 is 2.00 bits per heavy atom. The molecule has 12 heavy (non-hydrogen) atoms. The molecule has 2 nitrogen and oxygen atoms in total. The van der Waals surface area contributed by atoms with Crippen molar-refractivity contribution >= 4 is 10.8 Å². The molecule has 0 radical (unpaired) electrons. The molecule has 0 saturated heterocycles. The summed E-state index contributed by atoms with van der Waals surface area (Å²) in [4.78, 5) is 0. The Labute approximate surface area is 78.4 Å². The first-order valence-corrected chi connectivity index (χ1v) is 6.21. The summed E-state index contributed by atoms with van der Waals surface area (Å²) in [6.07, 6.45) is 4.40. The summed E-state index contributed by atoms with van der Waals surface area (Å²) in [5, 5.41) is 0.224. The molecular weight excluding hydrogens is 170 g/mol. The molecule has 0 aromatic carbocycles. The Balaban J connectivity index is 3.54. The zero-order chi connectivity index (χ0) is 9.40. The third kappa shape index (κ3) is 4.88. The molecule has 2 N–H and O–H groups in total. The third-order valence-electron chi connectivity index (χ3n) is 2.04. The number of unbranched alkanes of at least 4 members (excludes halogenated alkanes) is 2. The zero-order valence-electron chi connectivity index (χ0n) is 8.21. The molecule has 3 heteroatoms. The van der Waals surface area contributed by atoms with Gasteiger partial charge in [0.2, 0.25) is 0 Å². The molecule has 0 heterocycles. The Hall–Kier alpha value is 0.110. The third-order valence-corrected chi connectivity index (χ3v) is 4.00. The van der Waals surface area contributed by atoms with Crippen molar-refractivity contribution in [2.24, 2.45) is 5.73 Å². The van der Waals surface area contributed by atoms with Gasteiger partial charge < -0.3 is 5.73 Å². The van der Waals surface area contributed by atoms with Crippen molar-refractivity contribution in [1.29, 1.82) is 0 Å². The summed E-state index contributed by atoms with van der Waals surface area (Å²) in [6.45, 7) is 4.77. The van der Waals surface area contributed by atoms with Crippen molar-refractivity contribution in [3.63, 3.8) is 0 Å². The molecule has 0 bridgehead atoms. The fraction of sp³-hybridized carbons (Fsp3) is 1.00. The van der Waals surface area contributed by atoms with E-state index in [1.807, 2.05) is 0 Å². The number of nitrogens with two attached hydrogens (primary N) is 1. The summed E-state index contributed by atoms with van der Waals surface area (Å²) in [6, 6.07) is 0. The highest BCUT2D eigenvalue weighted by atomic mass is 32.2. The average molecular weight is 191 g/mol. The van der Waals surface area contributed by atoms with Gasteiger partial charge in [-0.1, -0.05) is 26.7 Å². The zero-order valence-corrected chi connectivity index (χ0v) is 9.03. The Morgan fingerprint density at radius 3 is 2.42 bits per heavy atom. The second kappa shape index (κ2) is 7.74. The van der Waals surface area contributed by atoms with Crippen LogP contribution in [0, 0.1) is 0 Å². The molecule has 0 aliphatic heterocycles. The molecule has 0 rings (SSSR count). The van der Waals surface area contributed by atoms with Gasteiger partial charge in [0.05, 0.1) is 0 Å². The van der Waals surface area contributed by atoms with Crippen LogP contribution in [0.15, 0.2) is 0 Å². The largest absolute Gasteiger partial charge is 0.329 e. The van der Waals surface area contributed by atoms with Crippen LogP contribution in [-0.4, -0.2) is 21.8 Å². The molecule has 0 aromatic rings. The van der Waals surface area contributed by atoms with Crippen LogP contribution < -0.4 is 5.73 Å². The molecule has 74 valence electrons. The monoisotopic (exact) mass is 191 g/mol. The van der Waals surface area contributed by atoms with E-state index in [1.54, 1.807) is 0 Å². The fourth-order valence-corrected chi connectivity index (χ4v) is 2.53. The van der Waals surface area contributed by atoms with Crippen molar-refractivity contribution in [1.82, 2.24) is 0 Å². The maximum Gasteiger partial charge on any atom is 0.0467 e. The summed E-state index contributed by atoms with van der Waals surface area (Å²) in [5.74, 6) is 0.837. The lowest BCUT2D eigenvalue weighted by atomic mass is 10.3. The highest BCUT2D eigenvalue weighted by Crippen LogP contribution is 2.04.